The number of aliphatic hydroxyl groups is 3. The van der Waals surface area contributed by atoms with E-state index in [1.807, 2.05) is 20.8 Å². The molecule has 11 atom stereocenters. The molecule has 2 saturated carbocycles. The van der Waals surface area contributed by atoms with Crippen molar-refractivity contribution < 1.29 is 71.8 Å². The quantitative estimate of drug-likeness (QED) is 0.0847. The number of furan rings is 2. The van der Waals surface area contributed by atoms with Gasteiger partial charge < -0.3 is 53.2 Å². The average molecular weight is 874 g/mol. The number of ether oxygens (including phenoxy) is 5. The van der Waals surface area contributed by atoms with Crippen LogP contribution in [0.5, 0.6) is 0 Å². The number of thiol groups is 1. The third-order valence-electron chi connectivity index (χ3n) is 13.3. The molecule has 2 aromatic rings. The van der Waals surface area contributed by atoms with Crippen LogP contribution < -0.4 is 5.32 Å². The Balaban J connectivity index is 1.51. The van der Waals surface area contributed by atoms with Crippen molar-refractivity contribution >= 4 is 42.4 Å². The van der Waals surface area contributed by atoms with Gasteiger partial charge in [-0.15, -0.1) is 0 Å². The summed E-state index contributed by atoms with van der Waals surface area (Å²) in [5.41, 5.74) is -7.36. The monoisotopic (exact) mass is 873 g/mol. The Hall–Kier alpha value is -4.16. The summed E-state index contributed by atoms with van der Waals surface area (Å²) < 4.78 is 40.2. The first-order valence-corrected chi connectivity index (χ1v) is 21.0. The zero-order chi connectivity index (χ0) is 45.2. The van der Waals surface area contributed by atoms with Crippen LogP contribution in [0.2, 0.25) is 0 Å². The first kappa shape index (κ1) is 46.3. The first-order valence-electron chi connectivity index (χ1n) is 20.5. The number of nitrogens with one attached hydrogen (secondary N) is 1. The molecule has 1 aliphatic heterocycles. The van der Waals surface area contributed by atoms with E-state index in [1.54, 1.807) is 41.5 Å². The van der Waals surface area contributed by atoms with Gasteiger partial charge in [-0.05, 0) is 76.5 Å². The molecule has 6 rings (SSSR count). The highest BCUT2D eigenvalue weighted by molar-refractivity contribution is 7.81. The minimum absolute atomic E-state index is 0.00790. The minimum Gasteiger partial charge on any atom is -0.467 e. The molecule has 1 amide bonds. The summed E-state index contributed by atoms with van der Waals surface area (Å²) in [6.45, 7) is 16.8. The third-order valence-corrected chi connectivity index (χ3v) is 13.5. The second-order valence-corrected chi connectivity index (χ2v) is 20.7. The largest absolute Gasteiger partial charge is 0.467 e. The van der Waals surface area contributed by atoms with E-state index in [1.165, 1.54) is 43.7 Å². The van der Waals surface area contributed by atoms with Crippen LogP contribution in [0.25, 0.3) is 0 Å². The van der Waals surface area contributed by atoms with Gasteiger partial charge in [0, 0.05) is 40.8 Å². The van der Waals surface area contributed by atoms with Crippen molar-refractivity contribution in [1.29, 1.82) is 0 Å². The summed E-state index contributed by atoms with van der Waals surface area (Å²) in [6.07, 6.45) is -7.69. The molecule has 2 bridgehead atoms. The zero-order valence-electron chi connectivity index (χ0n) is 36.3. The standard InChI is InChI=1S/C44H59NO15S/c1-22-25(57-37(51)31(48)30(23-13-11-17-54-23)45-38(52)60-39(2,3)4)20-44(53)35(59-36(50)24-14-12-18-55-24)33-42(9)21-56-27(42)19-26(46)43(33,10)34(49)32(29(22)41(44,7)8)58-28(47)15-16-40(5,6)61/h11-14,17-18,25-27,30-33,35,46,48,53,61H,15-16,19-21H2,1-10H3,(H,45,52)/t25-,26-,27+,30-,31+,32+,33+,35-,42+,43+,44+/m0/s1. The van der Waals surface area contributed by atoms with E-state index in [4.69, 9.17) is 32.5 Å². The van der Waals surface area contributed by atoms with Crippen molar-refractivity contribution in [3.05, 3.63) is 59.5 Å². The molecule has 0 spiro atoms. The Bertz CT molecular complexity index is 2030. The normalized spacial score (nSPS) is 33.0. The average Bonchev–Trinajstić information content (AvgIpc) is 3.89. The van der Waals surface area contributed by atoms with Crippen LogP contribution in [-0.2, 0) is 38.1 Å². The van der Waals surface area contributed by atoms with E-state index >= 15 is 4.79 Å². The zero-order valence-corrected chi connectivity index (χ0v) is 37.2. The van der Waals surface area contributed by atoms with Gasteiger partial charge in [0.05, 0.1) is 36.8 Å². The minimum atomic E-state index is -2.26. The Kier molecular flexibility index (Phi) is 12.3. The summed E-state index contributed by atoms with van der Waals surface area (Å²) in [4.78, 5) is 70.5. The van der Waals surface area contributed by atoms with Crippen molar-refractivity contribution in [2.75, 3.05) is 6.61 Å². The summed E-state index contributed by atoms with van der Waals surface area (Å²) in [6, 6.07) is 4.28. The smallest absolute Gasteiger partial charge is 0.408 e. The van der Waals surface area contributed by atoms with E-state index in [2.05, 4.69) is 17.9 Å². The second kappa shape index (κ2) is 16.2. The fourth-order valence-corrected chi connectivity index (χ4v) is 9.94. The maximum absolute atomic E-state index is 15.6. The van der Waals surface area contributed by atoms with Crippen molar-refractivity contribution in [3.8, 4) is 0 Å². The Morgan fingerprint density at radius 3 is 2.21 bits per heavy atom. The number of hydrogen-bond acceptors (Lipinski definition) is 16. The van der Waals surface area contributed by atoms with Gasteiger partial charge in [-0.1, -0.05) is 34.6 Å². The second-order valence-electron chi connectivity index (χ2n) is 19.5. The maximum atomic E-state index is 15.6. The van der Waals surface area contributed by atoms with Gasteiger partial charge in [0.15, 0.2) is 18.0 Å². The number of esters is 3. The fraction of sp³-hybridized carbons (Fsp3) is 0.659. The molecule has 3 fully saturated rings. The van der Waals surface area contributed by atoms with Gasteiger partial charge in [0.2, 0.25) is 5.76 Å². The lowest BCUT2D eigenvalue weighted by molar-refractivity contribution is -0.314. The molecule has 336 valence electrons. The number of amides is 1. The topological polar surface area (TPSA) is 230 Å². The molecule has 17 heteroatoms. The van der Waals surface area contributed by atoms with Gasteiger partial charge in [-0.3, -0.25) is 9.59 Å². The predicted molar refractivity (Wildman–Crippen MR) is 218 cm³/mol. The number of carbonyl (C=O) groups is 5. The highest BCUT2D eigenvalue weighted by Crippen LogP contribution is 2.66. The molecular weight excluding hydrogens is 815 g/mol. The molecule has 3 aliphatic carbocycles. The molecule has 4 N–H and O–H groups in total. The lowest BCUT2D eigenvalue weighted by atomic mass is 9.42. The number of aliphatic hydroxyl groups excluding tert-OH is 2. The van der Waals surface area contributed by atoms with Crippen LogP contribution in [0, 0.1) is 22.2 Å². The molecule has 2 aromatic heterocycles. The van der Waals surface area contributed by atoms with Gasteiger partial charge in [0.1, 0.15) is 35.2 Å². The Morgan fingerprint density at radius 1 is 1.00 bits per heavy atom. The van der Waals surface area contributed by atoms with Crippen molar-refractivity contribution in [2.45, 2.75) is 154 Å². The number of carbonyl (C=O) groups excluding carboxylic acids is 5. The van der Waals surface area contributed by atoms with Crippen LogP contribution >= 0.6 is 12.6 Å². The van der Waals surface area contributed by atoms with Gasteiger partial charge in [0.25, 0.3) is 0 Å². The van der Waals surface area contributed by atoms with Gasteiger partial charge >= 0.3 is 24.0 Å². The summed E-state index contributed by atoms with van der Waals surface area (Å²) in [5, 5.41) is 39.7. The lowest BCUT2D eigenvalue weighted by Gasteiger charge is -2.68. The molecule has 0 unspecified atom stereocenters. The molecule has 0 radical (unpaired) electrons. The molecule has 3 heterocycles. The summed E-state index contributed by atoms with van der Waals surface area (Å²) in [7, 11) is 0. The molecule has 0 aromatic carbocycles. The fourth-order valence-electron chi connectivity index (χ4n) is 9.82. The third kappa shape index (κ3) is 8.40. The highest BCUT2D eigenvalue weighted by atomic mass is 32.1. The SMILES string of the molecule is CC1=C2[C@@H](OC(=O)CCC(C)(C)S)C(=O)[C@@]3(C)[C@H]([C@H](OC(=O)c4ccco4)[C@](O)(C[C@@H]1OC(=O)[C@H](O)[C@@H](NC(=O)OC(C)(C)C)c1ccco1)C2(C)C)[C@]1(C)CO[C@@H]1C[C@@H]3O. The number of Topliss-reactive ketones (excluding diaryl/α,β-unsaturated/α-hetero) is 1. The molecule has 16 nitrogen and oxygen atoms in total. The van der Waals surface area contributed by atoms with E-state index in [9.17, 15) is 34.5 Å². The van der Waals surface area contributed by atoms with Crippen LogP contribution in [0.1, 0.15) is 117 Å². The highest BCUT2D eigenvalue weighted by Gasteiger charge is 2.75. The van der Waals surface area contributed by atoms with Crippen molar-refractivity contribution in [2.24, 2.45) is 22.2 Å². The van der Waals surface area contributed by atoms with Crippen LogP contribution in [0.15, 0.2) is 56.8 Å². The summed E-state index contributed by atoms with van der Waals surface area (Å²) in [5.74, 6) is -5.10. The van der Waals surface area contributed by atoms with E-state index < -0.39 is 117 Å². The molecule has 4 aliphatic rings. The van der Waals surface area contributed by atoms with Crippen molar-refractivity contribution in [3.63, 3.8) is 0 Å². The number of fused-ring (bicyclic) bond motifs is 5. The van der Waals surface area contributed by atoms with E-state index in [0.29, 0.717) is 0 Å². The van der Waals surface area contributed by atoms with Crippen molar-refractivity contribution in [1.82, 2.24) is 5.32 Å². The maximum Gasteiger partial charge on any atom is 0.408 e. The van der Waals surface area contributed by atoms with Crippen LogP contribution in [0.3, 0.4) is 0 Å². The molecular formula is C44H59NO15S. The summed E-state index contributed by atoms with van der Waals surface area (Å²) >= 11 is 4.55. The Morgan fingerprint density at radius 2 is 1.66 bits per heavy atom. The number of alkyl carbamates (subject to hydrolysis) is 1. The Labute approximate surface area is 360 Å². The number of ketones is 1. The number of rotatable bonds is 11. The van der Waals surface area contributed by atoms with Gasteiger partial charge in [-0.25, -0.2) is 14.4 Å². The predicted octanol–water partition coefficient (Wildman–Crippen LogP) is 5.19. The van der Waals surface area contributed by atoms with E-state index in [-0.39, 0.29) is 48.5 Å². The first-order chi connectivity index (χ1) is 28.2. The van der Waals surface area contributed by atoms with Crippen LogP contribution in [0.4, 0.5) is 4.79 Å². The van der Waals surface area contributed by atoms with Crippen LogP contribution in [-0.4, -0.2) is 104 Å². The lowest BCUT2D eigenvalue weighted by Crippen LogP contribution is -2.78. The van der Waals surface area contributed by atoms with Gasteiger partial charge in [-0.2, -0.15) is 12.6 Å². The molecule has 1 saturated heterocycles. The number of hydrogen-bond donors (Lipinski definition) is 5. The van der Waals surface area contributed by atoms with E-state index in [0.717, 1.165) is 0 Å². The molecule has 61 heavy (non-hydrogen) atoms.